The number of phenolic OH excluding ortho intramolecular Hbond substituents is 1. The van der Waals surface area contributed by atoms with Crippen LogP contribution in [0.2, 0.25) is 0 Å². The fraction of sp³-hybridized carbons (Fsp3) is 0.100. The van der Waals surface area contributed by atoms with E-state index < -0.39 is 17.6 Å². The zero-order chi connectivity index (χ0) is 20.1. The summed E-state index contributed by atoms with van der Waals surface area (Å²) in [6, 6.07) is 15.2. The topological polar surface area (TPSA) is 73.7 Å². The van der Waals surface area contributed by atoms with Gasteiger partial charge in [0.2, 0.25) is 0 Å². The van der Waals surface area contributed by atoms with E-state index in [4.69, 9.17) is 0 Å². The number of anilines is 1. The standard InChI is InChI=1S/C20H16F3N3O2/c21-20(22,23)14-5-3-6-15(10-14)24-12-19(28)26-25-11-17-16-7-2-1-4-13(16)8-9-18(17)27/h1-11,24,27H,12H2,(H,26,28). The molecule has 5 nitrogen and oxygen atoms in total. The van der Waals surface area contributed by atoms with E-state index in [2.05, 4.69) is 15.8 Å². The molecule has 1 amide bonds. The van der Waals surface area contributed by atoms with Crippen LogP contribution in [0.15, 0.2) is 65.8 Å². The predicted molar refractivity (Wildman–Crippen MR) is 101 cm³/mol. The van der Waals surface area contributed by atoms with Gasteiger partial charge in [0.15, 0.2) is 0 Å². The summed E-state index contributed by atoms with van der Waals surface area (Å²) in [5.41, 5.74) is 2.09. The minimum absolute atomic E-state index is 0.0128. The summed E-state index contributed by atoms with van der Waals surface area (Å²) in [5.74, 6) is -0.535. The molecule has 0 unspecified atom stereocenters. The number of nitrogens with zero attached hydrogens (tertiary/aromatic N) is 1. The number of phenols is 1. The number of carbonyl (C=O) groups excluding carboxylic acids is 1. The molecule has 8 heteroatoms. The van der Waals surface area contributed by atoms with E-state index >= 15 is 0 Å². The lowest BCUT2D eigenvalue weighted by Crippen LogP contribution is -2.26. The van der Waals surface area contributed by atoms with Gasteiger partial charge in [0.05, 0.1) is 18.3 Å². The Morgan fingerprint density at radius 3 is 2.64 bits per heavy atom. The third-order valence-corrected chi connectivity index (χ3v) is 3.97. The first-order chi connectivity index (χ1) is 13.3. The molecule has 3 N–H and O–H groups in total. The quantitative estimate of drug-likeness (QED) is 0.455. The second kappa shape index (κ2) is 7.99. The minimum Gasteiger partial charge on any atom is -0.507 e. The second-order valence-electron chi connectivity index (χ2n) is 5.94. The summed E-state index contributed by atoms with van der Waals surface area (Å²) in [7, 11) is 0. The van der Waals surface area contributed by atoms with E-state index in [1.807, 2.05) is 24.3 Å². The van der Waals surface area contributed by atoms with Gasteiger partial charge in [-0.1, -0.05) is 36.4 Å². The highest BCUT2D eigenvalue weighted by atomic mass is 19.4. The molecule has 0 aliphatic heterocycles. The zero-order valence-corrected chi connectivity index (χ0v) is 14.5. The molecule has 0 saturated carbocycles. The first kappa shape index (κ1) is 19.2. The van der Waals surface area contributed by atoms with E-state index in [9.17, 15) is 23.1 Å². The highest BCUT2D eigenvalue weighted by Gasteiger charge is 2.30. The van der Waals surface area contributed by atoms with Crippen molar-refractivity contribution in [2.45, 2.75) is 6.18 Å². The molecule has 0 radical (unpaired) electrons. The molecule has 28 heavy (non-hydrogen) atoms. The van der Waals surface area contributed by atoms with Gasteiger partial charge in [-0.25, -0.2) is 5.43 Å². The molecule has 3 rings (SSSR count). The molecule has 0 spiro atoms. The van der Waals surface area contributed by atoms with Gasteiger partial charge in [-0.3, -0.25) is 4.79 Å². The third kappa shape index (κ3) is 4.59. The lowest BCUT2D eigenvalue weighted by atomic mass is 10.0. The van der Waals surface area contributed by atoms with Crippen LogP contribution < -0.4 is 10.7 Å². The Kier molecular flexibility index (Phi) is 5.49. The van der Waals surface area contributed by atoms with Crippen molar-refractivity contribution in [3.05, 3.63) is 71.8 Å². The van der Waals surface area contributed by atoms with Crippen molar-refractivity contribution in [3.63, 3.8) is 0 Å². The van der Waals surface area contributed by atoms with Crippen LogP contribution in [-0.2, 0) is 11.0 Å². The van der Waals surface area contributed by atoms with Gasteiger partial charge in [0.1, 0.15) is 5.75 Å². The summed E-state index contributed by atoms with van der Waals surface area (Å²) in [6.45, 7) is -0.264. The van der Waals surface area contributed by atoms with Gasteiger partial charge in [0.25, 0.3) is 5.91 Å². The maximum Gasteiger partial charge on any atom is 0.416 e. The molecule has 3 aromatic carbocycles. The van der Waals surface area contributed by atoms with Gasteiger partial charge < -0.3 is 10.4 Å². The van der Waals surface area contributed by atoms with Crippen molar-refractivity contribution in [1.29, 1.82) is 0 Å². The average molecular weight is 387 g/mol. The second-order valence-corrected chi connectivity index (χ2v) is 5.94. The number of benzene rings is 3. The minimum atomic E-state index is -4.45. The van der Waals surface area contributed by atoms with Crippen molar-refractivity contribution >= 4 is 28.6 Å². The van der Waals surface area contributed by atoms with Gasteiger partial charge in [-0.15, -0.1) is 0 Å². The van der Waals surface area contributed by atoms with Crippen LogP contribution in [0.3, 0.4) is 0 Å². The number of hydrogen-bond donors (Lipinski definition) is 3. The van der Waals surface area contributed by atoms with Crippen molar-refractivity contribution in [2.75, 3.05) is 11.9 Å². The smallest absolute Gasteiger partial charge is 0.416 e. The fourth-order valence-corrected chi connectivity index (χ4v) is 2.62. The molecule has 0 aromatic heterocycles. The Hall–Kier alpha value is -3.55. The molecular formula is C20H16F3N3O2. The van der Waals surface area contributed by atoms with Gasteiger partial charge in [0, 0.05) is 11.3 Å². The predicted octanol–water partition coefficient (Wildman–Crippen LogP) is 4.13. The molecule has 144 valence electrons. The lowest BCUT2D eigenvalue weighted by Gasteiger charge is -2.10. The Morgan fingerprint density at radius 2 is 1.86 bits per heavy atom. The maximum absolute atomic E-state index is 12.7. The Balaban J connectivity index is 1.62. The average Bonchev–Trinajstić information content (AvgIpc) is 2.67. The first-order valence-corrected chi connectivity index (χ1v) is 8.28. The number of hydrogen-bond acceptors (Lipinski definition) is 4. The molecule has 0 heterocycles. The van der Waals surface area contributed by atoms with E-state index in [0.29, 0.717) is 5.56 Å². The maximum atomic E-state index is 12.7. The molecule has 0 fully saturated rings. The summed E-state index contributed by atoms with van der Waals surface area (Å²) in [6.07, 6.45) is -3.13. The Morgan fingerprint density at radius 1 is 1.07 bits per heavy atom. The lowest BCUT2D eigenvalue weighted by molar-refractivity contribution is -0.137. The zero-order valence-electron chi connectivity index (χ0n) is 14.5. The monoisotopic (exact) mass is 387 g/mol. The van der Waals surface area contributed by atoms with Crippen molar-refractivity contribution < 1.29 is 23.1 Å². The fourth-order valence-electron chi connectivity index (χ4n) is 2.62. The molecule has 0 bridgehead atoms. The van der Waals surface area contributed by atoms with E-state index in [1.54, 1.807) is 6.07 Å². The van der Waals surface area contributed by atoms with Crippen LogP contribution in [0, 0.1) is 0 Å². The highest BCUT2D eigenvalue weighted by molar-refractivity contribution is 6.02. The molecular weight excluding hydrogens is 371 g/mol. The van der Waals surface area contributed by atoms with Crippen molar-refractivity contribution in [1.82, 2.24) is 5.43 Å². The number of halogens is 3. The number of aromatic hydroxyl groups is 1. The van der Waals surface area contributed by atoms with Gasteiger partial charge >= 0.3 is 6.18 Å². The number of hydrazone groups is 1. The Bertz CT molecular complexity index is 1030. The van der Waals surface area contributed by atoms with E-state index in [0.717, 1.165) is 22.9 Å². The number of rotatable bonds is 5. The third-order valence-electron chi connectivity index (χ3n) is 3.97. The van der Waals surface area contributed by atoms with Crippen LogP contribution in [-0.4, -0.2) is 23.8 Å². The van der Waals surface area contributed by atoms with Gasteiger partial charge in [-0.05, 0) is 35.0 Å². The van der Waals surface area contributed by atoms with Crippen molar-refractivity contribution in [2.24, 2.45) is 5.10 Å². The number of fused-ring (bicyclic) bond motifs is 1. The van der Waals surface area contributed by atoms with Crippen molar-refractivity contribution in [3.8, 4) is 5.75 Å². The molecule has 0 aliphatic rings. The number of nitrogens with one attached hydrogen (secondary N) is 2. The largest absolute Gasteiger partial charge is 0.507 e. The van der Waals surface area contributed by atoms with E-state index in [-0.39, 0.29) is 18.0 Å². The molecule has 0 atom stereocenters. The number of alkyl halides is 3. The first-order valence-electron chi connectivity index (χ1n) is 8.28. The Labute approximate surface area is 158 Å². The molecule has 0 aliphatic carbocycles. The number of amides is 1. The van der Waals surface area contributed by atoms with E-state index in [1.165, 1.54) is 24.4 Å². The van der Waals surface area contributed by atoms with Gasteiger partial charge in [-0.2, -0.15) is 18.3 Å². The summed E-state index contributed by atoms with van der Waals surface area (Å²) in [4.78, 5) is 11.9. The van der Waals surface area contributed by atoms with Crippen LogP contribution in [0.1, 0.15) is 11.1 Å². The molecule has 0 saturated heterocycles. The van der Waals surface area contributed by atoms with Crippen LogP contribution in [0.5, 0.6) is 5.75 Å². The summed E-state index contributed by atoms with van der Waals surface area (Å²) in [5, 5.41) is 18.1. The summed E-state index contributed by atoms with van der Waals surface area (Å²) >= 11 is 0. The summed E-state index contributed by atoms with van der Waals surface area (Å²) < 4.78 is 38.1. The normalized spacial score (nSPS) is 11.7. The highest BCUT2D eigenvalue weighted by Crippen LogP contribution is 2.30. The van der Waals surface area contributed by atoms with Crippen LogP contribution in [0.25, 0.3) is 10.8 Å². The van der Waals surface area contributed by atoms with Crippen LogP contribution in [0.4, 0.5) is 18.9 Å². The van der Waals surface area contributed by atoms with Crippen LogP contribution >= 0.6 is 0 Å². The number of carbonyl (C=O) groups is 1. The SMILES string of the molecule is O=C(CNc1cccc(C(F)(F)F)c1)NN=Cc1c(O)ccc2ccccc12. The molecule has 3 aromatic rings.